The molecule has 0 radical (unpaired) electrons. The number of rotatable bonds is 6. The Morgan fingerprint density at radius 2 is 2.38 bits per heavy atom. The second-order valence-electron chi connectivity index (χ2n) is 3.90. The Balaban J connectivity index is 2.57. The molecule has 1 saturated heterocycles. The number of aliphatic hydroxyl groups excluding tert-OH is 1. The Kier molecular flexibility index (Phi) is 5.08. The largest absolute Gasteiger partial charge is 0.481 e. The molecule has 0 saturated carbocycles. The summed E-state index contributed by atoms with van der Waals surface area (Å²) in [5.41, 5.74) is 0. The van der Waals surface area contributed by atoms with E-state index in [9.17, 15) is 14.7 Å². The number of carbonyl (C=O) groups excluding carboxylic acids is 1. The highest BCUT2D eigenvalue weighted by Gasteiger charge is 2.37. The summed E-state index contributed by atoms with van der Waals surface area (Å²) < 4.78 is 0. The van der Waals surface area contributed by atoms with Gasteiger partial charge in [0.1, 0.15) is 0 Å². The van der Waals surface area contributed by atoms with Gasteiger partial charge in [0.15, 0.2) is 0 Å². The molecule has 0 spiro atoms. The lowest BCUT2D eigenvalue weighted by Crippen LogP contribution is -2.39. The Labute approximate surface area is 98.8 Å². The lowest BCUT2D eigenvalue weighted by atomic mass is 10.1. The quantitative estimate of drug-likeness (QED) is 0.692. The minimum Gasteiger partial charge on any atom is -0.481 e. The van der Waals surface area contributed by atoms with Crippen LogP contribution >= 0.6 is 11.8 Å². The van der Waals surface area contributed by atoms with Crippen molar-refractivity contribution in [1.29, 1.82) is 0 Å². The highest BCUT2D eigenvalue weighted by atomic mass is 32.2. The Bertz CT molecular complexity index is 272. The maximum atomic E-state index is 11.6. The molecule has 0 bridgehead atoms. The van der Waals surface area contributed by atoms with Gasteiger partial charge in [-0.2, -0.15) is 11.8 Å². The molecule has 1 aliphatic rings. The van der Waals surface area contributed by atoms with Gasteiger partial charge in [0.25, 0.3) is 0 Å². The molecular formula is C10H17NO4S. The van der Waals surface area contributed by atoms with Crippen molar-refractivity contribution in [3.8, 4) is 0 Å². The van der Waals surface area contributed by atoms with Crippen molar-refractivity contribution in [3.05, 3.63) is 0 Å². The molecule has 16 heavy (non-hydrogen) atoms. The molecule has 5 nitrogen and oxygen atoms in total. The smallest absolute Gasteiger partial charge is 0.308 e. The van der Waals surface area contributed by atoms with Crippen LogP contribution in [0.3, 0.4) is 0 Å². The number of aliphatic hydroxyl groups is 1. The van der Waals surface area contributed by atoms with E-state index in [-0.39, 0.29) is 31.5 Å². The monoisotopic (exact) mass is 247 g/mol. The second kappa shape index (κ2) is 6.10. The van der Waals surface area contributed by atoms with Crippen LogP contribution in [0.4, 0.5) is 0 Å². The van der Waals surface area contributed by atoms with E-state index >= 15 is 0 Å². The molecule has 1 heterocycles. The van der Waals surface area contributed by atoms with Crippen LogP contribution in [-0.4, -0.2) is 58.2 Å². The highest BCUT2D eigenvalue weighted by molar-refractivity contribution is 7.98. The van der Waals surface area contributed by atoms with Crippen LogP contribution < -0.4 is 0 Å². The van der Waals surface area contributed by atoms with Gasteiger partial charge in [-0.3, -0.25) is 9.59 Å². The van der Waals surface area contributed by atoms with Crippen LogP contribution in [0.1, 0.15) is 12.8 Å². The Hall–Kier alpha value is -0.750. The van der Waals surface area contributed by atoms with Gasteiger partial charge in [0, 0.05) is 13.0 Å². The van der Waals surface area contributed by atoms with Gasteiger partial charge in [-0.05, 0) is 18.4 Å². The zero-order valence-electron chi connectivity index (χ0n) is 9.26. The van der Waals surface area contributed by atoms with Crippen molar-refractivity contribution in [2.24, 2.45) is 5.92 Å². The molecule has 0 aromatic carbocycles. The Morgan fingerprint density at radius 1 is 1.69 bits per heavy atom. The summed E-state index contributed by atoms with van der Waals surface area (Å²) in [6.45, 7) is 0.131. The predicted octanol–water partition coefficient (Wildman–Crippen LogP) is 0.0335. The standard InChI is InChI=1S/C10H17NO4S/c1-16-3-2-8(6-12)11-5-7(10(14)15)4-9(11)13/h7-8,12H,2-6H2,1H3,(H,14,15)/t7?,8-/m0/s1. The third kappa shape index (κ3) is 3.12. The Morgan fingerprint density at radius 3 is 2.81 bits per heavy atom. The van der Waals surface area contributed by atoms with Crippen molar-refractivity contribution in [2.75, 3.05) is 25.2 Å². The van der Waals surface area contributed by atoms with E-state index in [1.165, 1.54) is 4.90 Å². The number of hydrogen-bond donors (Lipinski definition) is 2. The molecule has 92 valence electrons. The van der Waals surface area contributed by atoms with Crippen molar-refractivity contribution in [1.82, 2.24) is 4.90 Å². The first-order chi connectivity index (χ1) is 7.60. The van der Waals surface area contributed by atoms with Gasteiger partial charge >= 0.3 is 5.97 Å². The minimum atomic E-state index is -0.933. The van der Waals surface area contributed by atoms with Gasteiger partial charge < -0.3 is 15.1 Å². The molecule has 1 amide bonds. The number of carboxylic acid groups (broad SMARTS) is 1. The third-order valence-electron chi connectivity index (χ3n) is 2.81. The van der Waals surface area contributed by atoms with Crippen molar-refractivity contribution in [2.45, 2.75) is 18.9 Å². The van der Waals surface area contributed by atoms with E-state index in [1.807, 2.05) is 6.26 Å². The van der Waals surface area contributed by atoms with E-state index in [1.54, 1.807) is 11.8 Å². The van der Waals surface area contributed by atoms with Crippen LogP contribution in [-0.2, 0) is 9.59 Å². The summed E-state index contributed by atoms with van der Waals surface area (Å²) in [6.07, 6.45) is 2.72. The molecule has 1 aliphatic heterocycles. The molecule has 2 N–H and O–H groups in total. The average Bonchev–Trinajstić information content (AvgIpc) is 2.62. The maximum Gasteiger partial charge on any atom is 0.308 e. The topological polar surface area (TPSA) is 77.8 Å². The number of thioether (sulfide) groups is 1. The first-order valence-electron chi connectivity index (χ1n) is 5.22. The fraction of sp³-hybridized carbons (Fsp3) is 0.800. The van der Waals surface area contributed by atoms with Crippen molar-refractivity contribution < 1.29 is 19.8 Å². The number of hydrogen-bond acceptors (Lipinski definition) is 4. The molecule has 1 fully saturated rings. The minimum absolute atomic E-state index is 0.0606. The van der Waals surface area contributed by atoms with E-state index in [4.69, 9.17) is 5.11 Å². The van der Waals surface area contributed by atoms with Gasteiger partial charge in [-0.15, -0.1) is 0 Å². The summed E-state index contributed by atoms with van der Waals surface area (Å²) in [5.74, 6) is -0.854. The normalized spacial score (nSPS) is 22.5. The van der Waals surface area contributed by atoms with Gasteiger partial charge in [-0.25, -0.2) is 0 Å². The molecule has 1 rings (SSSR count). The third-order valence-corrected chi connectivity index (χ3v) is 3.46. The van der Waals surface area contributed by atoms with E-state index < -0.39 is 11.9 Å². The number of carbonyl (C=O) groups is 2. The SMILES string of the molecule is CSCC[C@@H](CO)N1CC(C(=O)O)CC1=O. The molecule has 2 atom stereocenters. The summed E-state index contributed by atoms with van der Waals surface area (Å²) in [7, 11) is 0. The molecule has 1 unspecified atom stereocenters. The molecule has 0 aromatic heterocycles. The summed E-state index contributed by atoms with van der Waals surface area (Å²) >= 11 is 1.65. The highest BCUT2D eigenvalue weighted by Crippen LogP contribution is 2.22. The molecular weight excluding hydrogens is 230 g/mol. The number of amides is 1. The van der Waals surface area contributed by atoms with Crippen LogP contribution in [0.2, 0.25) is 0 Å². The fourth-order valence-corrected chi connectivity index (χ4v) is 2.36. The van der Waals surface area contributed by atoms with Crippen LogP contribution in [0.15, 0.2) is 0 Å². The van der Waals surface area contributed by atoms with Crippen molar-refractivity contribution >= 4 is 23.6 Å². The lowest BCUT2D eigenvalue weighted by molar-refractivity contribution is -0.141. The molecule has 0 aliphatic carbocycles. The van der Waals surface area contributed by atoms with E-state index in [2.05, 4.69) is 0 Å². The zero-order chi connectivity index (χ0) is 12.1. The molecule has 6 heteroatoms. The number of carboxylic acids is 1. The second-order valence-corrected chi connectivity index (χ2v) is 4.89. The van der Waals surface area contributed by atoms with Crippen LogP contribution in [0.25, 0.3) is 0 Å². The predicted molar refractivity (Wildman–Crippen MR) is 61.3 cm³/mol. The number of nitrogens with zero attached hydrogens (tertiary/aromatic N) is 1. The van der Waals surface area contributed by atoms with Crippen LogP contribution in [0, 0.1) is 5.92 Å². The summed E-state index contributed by atoms with van der Waals surface area (Å²) in [5, 5.41) is 18.0. The first kappa shape index (κ1) is 13.3. The molecule has 0 aromatic rings. The van der Waals surface area contributed by atoms with Crippen LogP contribution in [0.5, 0.6) is 0 Å². The first-order valence-corrected chi connectivity index (χ1v) is 6.61. The van der Waals surface area contributed by atoms with E-state index in [0.29, 0.717) is 6.42 Å². The average molecular weight is 247 g/mol. The fourth-order valence-electron chi connectivity index (χ4n) is 1.85. The van der Waals surface area contributed by atoms with Gasteiger partial charge in [0.05, 0.1) is 18.6 Å². The van der Waals surface area contributed by atoms with Gasteiger partial charge in [0.2, 0.25) is 5.91 Å². The van der Waals surface area contributed by atoms with E-state index in [0.717, 1.165) is 5.75 Å². The lowest BCUT2D eigenvalue weighted by Gasteiger charge is -2.26. The summed E-state index contributed by atoms with van der Waals surface area (Å²) in [4.78, 5) is 23.9. The number of likely N-dealkylation sites (tertiary alicyclic amines) is 1. The maximum absolute atomic E-state index is 11.6. The number of aliphatic carboxylic acids is 1. The van der Waals surface area contributed by atoms with Gasteiger partial charge in [-0.1, -0.05) is 0 Å². The summed E-state index contributed by atoms with van der Waals surface area (Å²) in [6, 6.07) is -0.232. The van der Waals surface area contributed by atoms with Crippen molar-refractivity contribution in [3.63, 3.8) is 0 Å². The zero-order valence-corrected chi connectivity index (χ0v) is 10.1.